The molecule has 0 spiro atoms. The fraction of sp³-hybridized carbons (Fsp3) is 0.462. The van der Waals surface area contributed by atoms with Crippen molar-refractivity contribution in [1.29, 1.82) is 0 Å². The summed E-state index contributed by atoms with van der Waals surface area (Å²) in [5.74, 6) is 0.819. The molecule has 2 unspecified atom stereocenters. The van der Waals surface area contributed by atoms with Crippen LogP contribution in [0.15, 0.2) is 34.2 Å². The number of aliphatic imine (C=N–C) groups is 1. The lowest BCUT2D eigenvalue weighted by Crippen LogP contribution is -2.25. The molecule has 0 radical (unpaired) electrons. The van der Waals surface area contributed by atoms with Gasteiger partial charge in [-0.05, 0) is 25.5 Å². The minimum Gasteiger partial charge on any atom is -0.381 e. The van der Waals surface area contributed by atoms with E-state index in [-0.39, 0.29) is 6.04 Å². The standard InChI is InChI=1S/C13H16N2O3S/c1-9(10-6-7-18-8-10)14-13-11-4-2-3-5-12(11)19(16,17)15-13/h2-5,9-10H,6-8H2,1H3,(H,14,15). The number of benzene rings is 1. The van der Waals surface area contributed by atoms with E-state index in [9.17, 15) is 8.42 Å². The van der Waals surface area contributed by atoms with Crippen molar-refractivity contribution in [2.45, 2.75) is 24.3 Å². The van der Waals surface area contributed by atoms with Gasteiger partial charge in [-0.25, -0.2) is 8.42 Å². The Hall–Kier alpha value is -1.40. The lowest BCUT2D eigenvalue weighted by molar-refractivity contribution is 0.182. The van der Waals surface area contributed by atoms with Gasteiger partial charge in [-0.2, -0.15) is 0 Å². The number of nitrogens with one attached hydrogen (secondary N) is 1. The van der Waals surface area contributed by atoms with Gasteiger partial charge in [0.25, 0.3) is 10.0 Å². The highest BCUT2D eigenvalue weighted by atomic mass is 32.2. The van der Waals surface area contributed by atoms with Crippen LogP contribution >= 0.6 is 0 Å². The predicted octanol–water partition coefficient (Wildman–Crippen LogP) is 1.15. The Balaban J connectivity index is 1.94. The lowest BCUT2D eigenvalue weighted by atomic mass is 10.0. The Morgan fingerprint density at radius 2 is 2.21 bits per heavy atom. The van der Waals surface area contributed by atoms with Gasteiger partial charge in [0.05, 0.1) is 17.5 Å². The molecule has 2 atom stereocenters. The number of hydrogen-bond acceptors (Lipinski definition) is 4. The van der Waals surface area contributed by atoms with Crippen LogP contribution in [0.1, 0.15) is 18.9 Å². The van der Waals surface area contributed by atoms with E-state index in [4.69, 9.17) is 4.74 Å². The summed E-state index contributed by atoms with van der Waals surface area (Å²) in [5, 5.41) is 0. The molecule has 6 heteroatoms. The molecule has 102 valence electrons. The summed E-state index contributed by atoms with van der Waals surface area (Å²) >= 11 is 0. The number of nitrogens with zero attached hydrogens (tertiary/aromatic N) is 1. The van der Waals surface area contributed by atoms with Gasteiger partial charge in [0, 0.05) is 18.1 Å². The summed E-state index contributed by atoms with van der Waals surface area (Å²) < 4.78 is 31.8. The van der Waals surface area contributed by atoms with Crippen molar-refractivity contribution < 1.29 is 13.2 Å². The van der Waals surface area contributed by atoms with E-state index in [1.807, 2.05) is 13.0 Å². The van der Waals surface area contributed by atoms with Crippen molar-refractivity contribution in [2.75, 3.05) is 13.2 Å². The van der Waals surface area contributed by atoms with Gasteiger partial charge in [0.2, 0.25) is 0 Å². The molecule has 3 rings (SSSR count). The van der Waals surface area contributed by atoms with E-state index in [2.05, 4.69) is 9.71 Å². The van der Waals surface area contributed by atoms with Crippen LogP contribution in [0.2, 0.25) is 0 Å². The fourth-order valence-corrected chi connectivity index (χ4v) is 3.71. The summed E-state index contributed by atoms with van der Waals surface area (Å²) in [6.45, 7) is 3.47. The van der Waals surface area contributed by atoms with Crippen molar-refractivity contribution in [3.8, 4) is 0 Å². The molecule has 5 nitrogen and oxygen atoms in total. The Kier molecular flexibility index (Phi) is 3.06. The Bertz CT molecular complexity index is 619. The number of amidine groups is 1. The van der Waals surface area contributed by atoms with Crippen LogP contribution in [-0.2, 0) is 14.8 Å². The number of rotatable bonds is 2. The van der Waals surface area contributed by atoms with Gasteiger partial charge >= 0.3 is 0 Å². The third-order valence-electron chi connectivity index (χ3n) is 3.64. The summed E-state index contributed by atoms with van der Waals surface area (Å²) in [6, 6.07) is 6.97. The maximum atomic E-state index is 11.9. The molecular formula is C13H16N2O3S. The average Bonchev–Trinajstić information content (AvgIpc) is 2.98. The number of fused-ring (bicyclic) bond motifs is 1. The van der Waals surface area contributed by atoms with E-state index >= 15 is 0 Å². The normalized spacial score (nSPS) is 28.1. The van der Waals surface area contributed by atoms with Crippen LogP contribution in [0.3, 0.4) is 0 Å². The van der Waals surface area contributed by atoms with Crippen LogP contribution in [-0.4, -0.2) is 33.5 Å². The van der Waals surface area contributed by atoms with E-state index < -0.39 is 10.0 Å². The van der Waals surface area contributed by atoms with Gasteiger partial charge in [0.1, 0.15) is 5.84 Å². The second-order valence-electron chi connectivity index (χ2n) is 4.94. The van der Waals surface area contributed by atoms with E-state index in [1.165, 1.54) is 0 Å². The van der Waals surface area contributed by atoms with Crippen LogP contribution in [0.5, 0.6) is 0 Å². The average molecular weight is 280 g/mol. The van der Waals surface area contributed by atoms with Gasteiger partial charge in [0.15, 0.2) is 0 Å². The van der Waals surface area contributed by atoms with Gasteiger partial charge in [-0.15, -0.1) is 0 Å². The zero-order chi connectivity index (χ0) is 13.5. The minimum atomic E-state index is -3.44. The first-order valence-corrected chi connectivity index (χ1v) is 7.84. The molecule has 1 aromatic carbocycles. The largest absolute Gasteiger partial charge is 0.381 e. The molecule has 0 amide bonds. The first-order chi connectivity index (χ1) is 9.08. The molecule has 2 heterocycles. The maximum absolute atomic E-state index is 11.9. The first kappa shape index (κ1) is 12.6. The number of sulfonamides is 1. The zero-order valence-corrected chi connectivity index (χ0v) is 11.5. The summed E-state index contributed by atoms with van der Waals surface area (Å²) in [5.41, 5.74) is 0.660. The summed E-state index contributed by atoms with van der Waals surface area (Å²) in [6.07, 6.45) is 0.979. The van der Waals surface area contributed by atoms with Crippen LogP contribution < -0.4 is 4.72 Å². The molecule has 0 aromatic heterocycles. The topological polar surface area (TPSA) is 67.8 Å². The van der Waals surface area contributed by atoms with Crippen molar-refractivity contribution in [2.24, 2.45) is 10.9 Å². The third-order valence-corrected chi connectivity index (χ3v) is 5.04. The van der Waals surface area contributed by atoms with Crippen molar-refractivity contribution >= 4 is 15.9 Å². The molecular weight excluding hydrogens is 264 g/mol. The first-order valence-electron chi connectivity index (χ1n) is 6.36. The molecule has 0 aliphatic carbocycles. The monoisotopic (exact) mass is 280 g/mol. The maximum Gasteiger partial charge on any atom is 0.263 e. The van der Waals surface area contributed by atoms with E-state index in [0.717, 1.165) is 13.0 Å². The number of hydrogen-bond donors (Lipinski definition) is 1. The fourth-order valence-electron chi connectivity index (χ4n) is 2.47. The quantitative estimate of drug-likeness (QED) is 0.883. The molecule has 2 aliphatic heterocycles. The van der Waals surface area contributed by atoms with E-state index in [1.54, 1.807) is 18.2 Å². The minimum absolute atomic E-state index is 0.0476. The van der Waals surface area contributed by atoms with Crippen LogP contribution in [0.4, 0.5) is 0 Å². The summed E-state index contributed by atoms with van der Waals surface area (Å²) in [4.78, 5) is 4.85. The second-order valence-corrected chi connectivity index (χ2v) is 6.59. The second kappa shape index (κ2) is 4.61. The molecule has 19 heavy (non-hydrogen) atoms. The van der Waals surface area contributed by atoms with Gasteiger partial charge in [-0.1, -0.05) is 12.1 Å². The van der Waals surface area contributed by atoms with Gasteiger partial charge < -0.3 is 4.74 Å². The van der Waals surface area contributed by atoms with E-state index in [0.29, 0.717) is 28.8 Å². The van der Waals surface area contributed by atoms with Crippen molar-refractivity contribution in [3.05, 3.63) is 29.8 Å². The molecule has 1 fully saturated rings. The highest BCUT2D eigenvalue weighted by Gasteiger charge is 2.31. The van der Waals surface area contributed by atoms with Crippen LogP contribution in [0, 0.1) is 5.92 Å². The molecule has 1 saturated heterocycles. The molecule has 0 bridgehead atoms. The van der Waals surface area contributed by atoms with Crippen molar-refractivity contribution in [3.63, 3.8) is 0 Å². The molecule has 2 aliphatic rings. The highest BCUT2D eigenvalue weighted by molar-refractivity contribution is 7.90. The smallest absolute Gasteiger partial charge is 0.263 e. The molecule has 0 saturated carbocycles. The summed E-state index contributed by atoms with van der Waals surface area (Å²) in [7, 11) is -3.44. The van der Waals surface area contributed by atoms with Crippen LogP contribution in [0.25, 0.3) is 0 Å². The number of ether oxygens (including phenoxy) is 1. The molecule has 1 aromatic rings. The molecule has 1 N–H and O–H groups in total. The van der Waals surface area contributed by atoms with Gasteiger partial charge in [-0.3, -0.25) is 9.71 Å². The highest BCUT2D eigenvalue weighted by Crippen LogP contribution is 2.25. The lowest BCUT2D eigenvalue weighted by Gasteiger charge is -2.13. The Morgan fingerprint density at radius 3 is 2.95 bits per heavy atom. The Morgan fingerprint density at radius 1 is 1.42 bits per heavy atom. The van der Waals surface area contributed by atoms with Crippen molar-refractivity contribution in [1.82, 2.24) is 4.72 Å². The SMILES string of the molecule is CC(N=C1NS(=O)(=O)c2ccccc21)C1CCOC1. The predicted molar refractivity (Wildman–Crippen MR) is 71.7 cm³/mol. The zero-order valence-electron chi connectivity index (χ0n) is 10.7. The third kappa shape index (κ3) is 2.26. The Labute approximate surface area is 112 Å².